The van der Waals surface area contributed by atoms with Crippen LogP contribution < -0.4 is 10.6 Å². The molecule has 1 saturated heterocycles. The van der Waals surface area contributed by atoms with Gasteiger partial charge in [0, 0.05) is 36.5 Å². The van der Waals surface area contributed by atoms with E-state index in [9.17, 15) is 24.0 Å². The molecule has 2 amide bonds. The molecule has 2 fully saturated rings. The molecular formula is C47H51N5O9S2. The zero-order valence-corrected chi connectivity index (χ0v) is 37.9. The van der Waals surface area contributed by atoms with E-state index in [1.54, 1.807) is 46.9 Å². The van der Waals surface area contributed by atoms with Gasteiger partial charge in [-0.25, -0.2) is 14.6 Å². The second-order valence-electron chi connectivity index (χ2n) is 17.5. The number of nitrogens with zero attached hydrogens (tertiary/aromatic N) is 3. The van der Waals surface area contributed by atoms with E-state index in [1.807, 2.05) is 91.0 Å². The summed E-state index contributed by atoms with van der Waals surface area (Å²) in [4.78, 5) is 79.6. The Morgan fingerprint density at radius 2 is 1.40 bits per heavy atom. The van der Waals surface area contributed by atoms with E-state index in [-0.39, 0.29) is 29.5 Å². The normalized spacial score (nSPS) is 18.6. The number of carbonyl (C=O) groups excluding carboxylic acids is 5. The van der Waals surface area contributed by atoms with Gasteiger partial charge in [0.2, 0.25) is 5.60 Å². The molecule has 3 aromatic carbocycles. The van der Waals surface area contributed by atoms with Crippen molar-refractivity contribution in [2.24, 2.45) is 5.16 Å². The number of aromatic nitrogens is 1. The summed E-state index contributed by atoms with van der Waals surface area (Å²) >= 11 is 2.54. The number of nitrogens with one attached hydrogen (secondary N) is 2. The fraction of sp³-hybridized carbons (Fsp3) is 0.383. The van der Waals surface area contributed by atoms with Gasteiger partial charge in [0.15, 0.2) is 10.8 Å². The predicted molar refractivity (Wildman–Crippen MR) is 240 cm³/mol. The molecule has 14 nitrogen and oxygen atoms in total. The van der Waals surface area contributed by atoms with Gasteiger partial charge in [-0.2, -0.15) is 0 Å². The van der Waals surface area contributed by atoms with Crippen molar-refractivity contribution in [2.45, 2.75) is 101 Å². The molecule has 0 radical (unpaired) electrons. The summed E-state index contributed by atoms with van der Waals surface area (Å²) < 4.78 is 16.6. The van der Waals surface area contributed by atoms with Crippen molar-refractivity contribution in [2.75, 3.05) is 17.7 Å². The van der Waals surface area contributed by atoms with Gasteiger partial charge < -0.3 is 29.7 Å². The molecule has 4 aromatic rings. The lowest BCUT2D eigenvalue weighted by molar-refractivity contribution is -0.196. The summed E-state index contributed by atoms with van der Waals surface area (Å²) in [5.74, 6) is -3.05. The lowest BCUT2D eigenvalue weighted by Gasteiger charge is -2.49. The van der Waals surface area contributed by atoms with Crippen molar-refractivity contribution in [1.29, 1.82) is 0 Å². The summed E-state index contributed by atoms with van der Waals surface area (Å²) in [5.41, 5.74) is -1.00. The van der Waals surface area contributed by atoms with Crippen molar-refractivity contribution in [3.8, 4) is 0 Å². The summed E-state index contributed by atoms with van der Waals surface area (Å²) in [6.07, 6.45) is 1.32. The number of esters is 3. The van der Waals surface area contributed by atoms with Crippen LogP contribution in [0.3, 0.4) is 0 Å². The van der Waals surface area contributed by atoms with Crippen LogP contribution in [0.5, 0.6) is 0 Å². The maximum Gasteiger partial charge on any atom is 0.355 e. The third-order valence-electron chi connectivity index (χ3n) is 10.5. The zero-order valence-electron chi connectivity index (χ0n) is 36.3. The zero-order chi connectivity index (χ0) is 45.2. The molecule has 1 aromatic heterocycles. The molecular weight excluding hydrogens is 843 g/mol. The maximum atomic E-state index is 14.6. The van der Waals surface area contributed by atoms with E-state index in [1.165, 1.54) is 34.9 Å². The Kier molecular flexibility index (Phi) is 12.9. The average molecular weight is 894 g/mol. The molecule has 0 bridgehead atoms. The predicted octanol–water partition coefficient (Wildman–Crippen LogP) is 7.09. The van der Waals surface area contributed by atoms with Crippen LogP contribution in [-0.4, -0.2) is 85.9 Å². The number of hydrogen-bond donors (Lipinski definition) is 2. The van der Waals surface area contributed by atoms with Gasteiger partial charge in [-0.05, 0) is 64.7 Å². The summed E-state index contributed by atoms with van der Waals surface area (Å²) in [7, 11) is 0. The Hall–Kier alpha value is -6.00. The van der Waals surface area contributed by atoms with Gasteiger partial charge in [0.25, 0.3) is 11.8 Å². The van der Waals surface area contributed by atoms with Crippen LogP contribution >= 0.6 is 23.1 Å². The van der Waals surface area contributed by atoms with Crippen molar-refractivity contribution >= 4 is 63.7 Å². The van der Waals surface area contributed by atoms with E-state index in [2.05, 4.69) is 15.8 Å². The molecule has 2 atom stereocenters. The standard InChI is InChI=1S/C47H51N5O9S2/c1-29(53)58-26-30-27-62-40-36(39(55)52(40)37(30)41(56)59-44(2,3)4)49-38(54)35(51-61-46(24-17-25-46)42(57)60-45(5,6)7)34-28-63-43(48-34)50-47(31-18-11-8-12-19-31,32-20-13-9-14-21-32)33-22-15-10-16-23-33/h8-16,18-23,28,36,40H,17,24-27H2,1-7H3,(H,48,50)(H,49,54)/b51-35-/t36-,40-/m1/s1. The summed E-state index contributed by atoms with van der Waals surface area (Å²) in [6.45, 7) is 11.4. The lowest BCUT2D eigenvalue weighted by Crippen LogP contribution is -2.71. The largest absolute Gasteiger partial charge is 0.461 e. The van der Waals surface area contributed by atoms with E-state index in [0.717, 1.165) is 16.7 Å². The number of amides is 2. The fourth-order valence-electron chi connectivity index (χ4n) is 7.43. The summed E-state index contributed by atoms with van der Waals surface area (Å²) in [6, 6.07) is 28.8. The van der Waals surface area contributed by atoms with Crippen LogP contribution in [0, 0.1) is 0 Å². The molecule has 2 N–H and O–H groups in total. The number of anilines is 1. The Morgan fingerprint density at radius 1 is 0.841 bits per heavy atom. The molecule has 330 valence electrons. The Bertz CT molecular complexity index is 2320. The molecule has 3 heterocycles. The van der Waals surface area contributed by atoms with Crippen LogP contribution in [0.1, 0.15) is 90.1 Å². The first-order chi connectivity index (χ1) is 29.9. The van der Waals surface area contributed by atoms with Gasteiger partial charge in [-0.15, -0.1) is 23.1 Å². The number of hydrogen-bond acceptors (Lipinski definition) is 14. The molecule has 0 spiro atoms. The quantitative estimate of drug-likeness (QED) is 0.0329. The van der Waals surface area contributed by atoms with Crippen molar-refractivity contribution < 1.29 is 43.0 Å². The van der Waals surface area contributed by atoms with E-state index >= 15 is 0 Å². The van der Waals surface area contributed by atoms with Crippen LogP contribution in [0.2, 0.25) is 0 Å². The fourth-order valence-corrected chi connectivity index (χ4v) is 9.51. The minimum absolute atomic E-state index is 0.0270. The highest BCUT2D eigenvalue weighted by Crippen LogP contribution is 2.43. The van der Waals surface area contributed by atoms with E-state index in [4.69, 9.17) is 24.0 Å². The second kappa shape index (κ2) is 18.0. The Labute approximate surface area is 374 Å². The van der Waals surface area contributed by atoms with E-state index in [0.29, 0.717) is 30.0 Å². The van der Waals surface area contributed by atoms with Crippen molar-refractivity contribution in [1.82, 2.24) is 15.2 Å². The lowest BCUT2D eigenvalue weighted by atomic mass is 9.77. The maximum absolute atomic E-state index is 14.6. The average Bonchev–Trinajstić information content (AvgIpc) is 3.69. The Balaban J connectivity index is 1.24. The van der Waals surface area contributed by atoms with Crippen LogP contribution in [-0.2, 0) is 48.6 Å². The molecule has 16 heteroatoms. The van der Waals surface area contributed by atoms with Gasteiger partial charge in [0.1, 0.15) is 46.2 Å². The molecule has 3 aliphatic rings. The van der Waals surface area contributed by atoms with Gasteiger partial charge in [-0.3, -0.25) is 19.3 Å². The van der Waals surface area contributed by atoms with Crippen molar-refractivity contribution in [3.05, 3.63) is 130 Å². The highest BCUT2D eigenvalue weighted by atomic mass is 32.2. The number of carbonyl (C=O) groups is 5. The Morgan fingerprint density at radius 3 is 1.89 bits per heavy atom. The molecule has 0 unspecified atom stereocenters. The van der Waals surface area contributed by atoms with Crippen LogP contribution in [0.4, 0.5) is 5.13 Å². The van der Waals surface area contributed by atoms with Gasteiger partial charge in [0.05, 0.1) is 0 Å². The first-order valence-electron chi connectivity index (χ1n) is 20.7. The second-order valence-corrected chi connectivity index (χ2v) is 19.5. The molecule has 7 rings (SSSR count). The topological polar surface area (TPSA) is 175 Å². The number of thioether (sulfide) groups is 1. The highest BCUT2D eigenvalue weighted by Gasteiger charge is 2.55. The van der Waals surface area contributed by atoms with Crippen LogP contribution in [0.15, 0.2) is 113 Å². The SMILES string of the molecule is CC(=O)OCC1=C(C(=O)OC(C)(C)C)N2C(=O)[C@@H](NC(=O)/C(=N\OC3(C(=O)OC(C)(C)C)CCC3)c3csc(NC(c4ccccc4)(c4ccccc4)c4ccccc4)n3)[C@H]2SC1. The van der Waals surface area contributed by atoms with Gasteiger partial charge >= 0.3 is 17.9 Å². The third kappa shape index (κ3) is 9.66. The highest BCUT2D eigenvalue weighted by molar-refractivity contribution is 8.00. The number of ether oxygens (including phenoxy) is 3. The number of rotatable bonds is 14. The molecule has 1 aliphatic carbocycles. The number of benzene rings is 3. The van der Waals surface area contributed by atoms with Gasteiger partial charge in [-0.1, -0.05) is 96.2 Å². The number of fused-ring (bicyclic) bond motifs is 1. The first kappa shape index (κ1) is 45.0. The van der Waals surface area contributed by atoms with E-state index < -0.39 is 63.5 Å². The monoisotopic (exact) mass is 893 g/mol. The molecule has 1 saturated carbocycles. The number of thiazole rings is 1. The smallest absolute Gasteiger partial charge is 0.355 e. The van der Waals surface area contributed by atoms with Crippen molar-refractivity contribution in [3.63, 3.8) is 0 Å². The minimum Gasteiger partial charge on any atom is -0.461 e. The molecule has 63 heavy (non-hydrogen) atoms. The third-order valence-corrected chi connectivity index (χ3v) is 12.6. The van der Waals surface area contributed by atoms with Crippen LogP contribution in [0.25, 0.3) is 0 Å². The first-order valence-corrected chi connectivity index (χ1v) is 22.6. The number of β-lactam (4-membered cyclic amide) rings is 1. The molecule has 2 aliphatic heterocycles. The number of oxime groups is 1. The minimum atomic E-state index is -1.42. The summed E-state index contributed by atoms with van der Waals surface area (Å²) in [5, 5.41) is 12.3.